The third kappa shape index (κ3) is 3.77. The summed E-state index contributed by atoms with van der Waals surface area (Å²) in [6.45, 7) is 2.56. The molecule has 1 atom stereocenters. The first-order valence-electron chi connectivity index (χ1n) is 8.06. The van der Waals surface area contributed by atoms with Crippen molar-refractivity contribution in [3.8, 4) is 11.5 Å². The Kier molecular flexibility index (Phi) is 4.85. The molecule has 124 valence electrons. The van der Waals surface area contributed by atoms with Gasteiger partial charge in [-0.3, -0.25) is 4.79 Å². The summed E-state index contributed by atoms with van der Waals surface area (Å²) in [5, 5.41) is 2.96. The van der Waals surface area contributed by atoms with Crippen LogP contribution in [0.4, 0.5) is 0 Å². The molecule has 0 bridgehead atoms. The topological polar surface area (TPSA) is 47.6 Å². The number of amides is 1. The van der Waals surface area contributed by atoms with E-state index in [0.29, 0.717) is 12.1 Å². The molecule has 1 unspecified atom stereocenters. The number of ether oxygens (including phenoxy) is 2. The molecular weight excluding hydrogens is 302 g/mol. The Labute approximate surface area is 142 Å². The maximum absolute atomic E-state index is 12.3. The second-order valence-electron chi connectivity index (χ2n) is 5.79. The first-order chi connectivity index (χ1) is 11.7. The van der Waals surface area contributed by atoms with Gasteiger partial charge in [-0.1, -0.05) is 18.2 Å². The lowest BCUT2D eigenvalue weighted by atomic mass is 10.1. The summed E-state index contributed by atoms with van der Waals surface area (Å²) in [7, 11) is 1.65. The lowest BCUT2D eigenvalue weighted by Crippen LogP contribution is -2.26. The second-order valence-corrected chi connectivity index (χ2v) is 5.79. The highest BCUT2D eigenvalue weighted by atomic mass is 16.5. The molecule has 1 N–H and O–H groups in total. The fraction of sp³-hybridized carbons (Fsp3) is 0.250. The summed E-state index contributed by atoms with van der Waals surface area (Å²) in [6.07, 6.45) is 4.80. The molecule has 3 rings (SSSR count). The Morgan fingerprint density at radius 1 is 1.25 bits per heavy atom. The van der Waals surface area contributed by atoms with Gasteiger partial charge in [-0.25, -0.2) is 0 Å². The largest absolute Gasteiger partial charge is 0.497 e. The Morgan fingerprint density at radius 3 is 2.96 bits per heavy atom. The Hall–Kier alpha value is -2.75. The van der Waals surface area contributed by atoms with E-state index in [1.807, 2.05) is 55.5 Å². The van der Waals surface area contributed by atoms with Gasteiger partial charge < -0.3 is 14.8 Å². The van der Waals surface area contributed by atoms with Crippen molar-refractivity contribution in [2.24, 2.45) is 0 Å². The molecule has 4 heteroatoms. The predicted molar refractivity (Wildman–Crippen MR) is 94.6 cm³/mol. The summed E-state index contributed by atoms with van der Waals surface area (Å²) < 4.78 is 10.9. The van der Waals surface area contributed by atoms with Gasteiger partial charge in [0.15, 0.2) is 0 Å². The lowest BCUT2D eigenvalue weighted by Gasteiger charge is -2.18. The second kappa shape index (κ2) is 7.21. The van der Waals surface area contributed by atoms with E-state index < -0.39 is 0 Å². The minimum absolute atomic E-state index is 0.0695. The van der Waals surface area contributed by atoms with E-state index in [1.165, 1.54) is 0 Å². The fourth-order valence-corrected chi connectivity index (χ4v) is 2.66. The molecule has 1 amide bonds. The highest BCUT2D eigenvalue weighted by molar-refractivity contribution is 5.95. The summed E-state index contributed by atoms with van der Waals surface area (Å²) in [4.78, 5) is 12.3. The zero-order valence-electron chi connectivity index (χ0n) is 13.9. The molecule has 1 aliphatic rings. The van der Waals surface area contributed by atoms with Crippen LogP contribution >= 0.6 is 0 Å². The van der Waals surface area contributed by atoms with E-state index in [2.05, 4.69) is 5.32 Å². The first kappa shape index (κ1) is 16.1. The van der Waals surface area contributed by atoms with E-state index >= 15 is 0 Å². The van der Waals surface area contributed by atoms with Crippen molar-refractivity contribution >= 4 is 12.0 Å². The van der Waals surface area contributed by atoms with Crippen molar-refractivity contribution in [3.63, 3.8) is 0 Å². The molecule has 0 fully saturated rings. The highest BCUT2D eigenvalue weighted by Gasteiger charge is 2.13. The molecule has 0 saturated carbocycles. The van der Waals surface area contributed by atoms with Crippen molar-refractivity contribution in [2.75, 3.05) is 13.7 Å². The number of hydrogen-bond donors (Lipinski definition) is 1. The van der Waals surface area contributed by atoms with Crippen molar-refractivity contribution < 1.29 is 14.3 Å². The normalized spacial score (nSPS) is 15.3. The van der Waals surface area contributed by atoms with Gasteiger partial charge in [0.05, 0.1) is 7.11 Å². The van der Waals surface area contributed by atoms with Gasteiger partial charge in [-0.2, -0.15) is 0 Å². The van der Waals surface area contributed by atoms with Crippen molar-refractivity contribution in [2.45, 2.75) is 19.4 Å². The van der Waals surface area contributed by atoms with Crippen LogP contribution in [0.2, 0.25) is 0 Å². The standard InChI is InChI=1S/C20H21NO3/c1-14-6-7-16-13-17(8-9-19(16)24-14)20(22)21-11-10-15-4-3-5-18(12-15)23-2/h3-9,12-14H,10-11H2,1-2H3,(H,21,22). The van der Waals surface area contributed by atoms with Gasteiger partial charge in [0, 0.05) is 17.7 Å². The Morgan fingerprint density at radius 2 is 2.12 bits per heavy atom. The van der Waals surface area contributed by atoms with Gasteiger partial charge >= 0.3 is 0 Å². The molecule has 4 nitrogen and oxygen atoms in total. The quantitative estimate of drug-likeness (QED) is 0.916. The molecule has 0 spiro atoms. The van der Waals surface area contributed by atoms with Crippen LogP contribution in [0.3, 0.4) is 0 Å². The van der Waals surface area contributed by atoms with Crippen LogP contribution in [0.15, 0.2) is 48.5 Å². The maximum Gasteiger partial charge on any atom is 0.251 e. The van der Waals surface area contributed by atoms with Crippen LogP contribution in [-0.4, -0.2) is 25.7 Å². The van der Waals surface area contributed by atoms with E-state index in [1.54, 1.807) is 13.2 Å². The van der Waals surface area contributed by atoms with Crippen LogP contribution in [-0.2, 0) is 6.42 Å². The molecule has 0 saturated heterocycles. The van der Waals surface area contributed by atoms with Gasteiger partial charge in [0.2, 0.25) is 0 Å². The van der Waals surface area contributed by atoms with E-state index in [9.17, 15) is 4.79 Å². The molecule has 1 aliphatic heterocycles. The fourth-order valence-electron chi connectivity index (χ4n) is 2.66. The van der Waals surface area contributed by atoms with Crippen molar-refractivity contribution in [3.05, 3.63) is 65.2 Å². The Bertz CT molecular complexity index is 767. The minimum atomic E-state index is -0.0762. The number of rotatable bonds is 5. The average Bonchev–Trinajstić information content (AvgIpc) is 2.61. The van der Waals surface area contributed by atoms with Gasteiger partial charge in [0.25, 0.3) is 5.91 Å². The molecule has 24 heavy (non-hydrogen) atoms. The molecule has 0 aliphatic carbocycles. The third-order valence-corrected chi connectivity index (χ3v) is 3.97. The Balaban J connectivity index is 1.59. The molecular formula is C20H21NO3. The first-order valence-corrected chi connectivity index (χ1v) is 8.06. The number of nitrogens with one attached hydrogen (secondary N) is 1. The SMILES string of the molecule is COc1cccc(CCNC(=O)c2ccc3c(c2)C=CC(C)O3)c1. The highest BCUT2D eigenvalue weighted by Crippen LogP contribution is 2.26. The summed E-state index contributed by atoms with van der Waals surface area (Å²) in [6, 6.07) is 13.4. The third-order valence-electron chi connectivity index (χ3n) is 3.97. The zero-order valence-corrected chi connectivity index (χ0v) is 13.9. The van der Waals surface area contributed by atoms with Crippen LogP contribution < -0.4 is 14.8 Å². The minimum Gasteiger partial charge on any atom is -0.497 e. The number of fused-ring (bicyclic) bond motifs is 1. The van der Waals surface area contributed by atoms with Crippen molar-refractivity contribution in [1.82, 2.24) is 5.32 Å². The number of carbonyl (C=O) groups is 1. The molecule has 2 aromatic carbocycles. The van der Waals surface area contributed by atoms with Gasteiger partial charge in [-0.05, 0) is 55.3 Å². The lowest BCUT2D eigenvalue weighted by molar-refractivity contribution is 0.0954. The van der Waals surface area contributed by atoms with E-state index in [-0.39, 0.29) is 12.0 Å². The summed E-state index contributed by atoms with van der Waals surface area (Å²) in [5.41, 5.74) is 2.71. The zero-order chi connectivity index (χ0) is 16.9. The number of methoxy groups -OCH3 is 1. The number of benzene rings is 2. The molecule has 2 aromatic rings. The van der Waals surface area contributed by atoms with Crippen molar-refractivity contribution in [1.29, 1.82) is 0 Å². The van der Waals surface area contributed by atoms with Gasteiger partial charge in [0.1, 0.15) is 17.6 Å². The monoisotopic (exact) mass is 323 g/mol. The smallest absolute Gasteiger partial charge is 0.251 e. The van der Waals surface area contributed by atoms with E-state index in [4.69, 9.17) is 9.47 Å². The number of carbonyl (C=O) groups excluding carboxylic acids is 1. The molecule has 0 aromatic heterocycles. The van der Waals surface area contributed by atoms with Crippen LogP contribution in [0.1, 0.15) is 28.4 Å². The summed E-state index contributed by atoms with van der Waals surface area (Å²) >= 11 is 0. The molecule has 0 radical (unpaired) electrons. The predicted octanol–water partition coefficient (Wildman–Crippen LogP) is 3.46. The van der Waals surface area contributed by atoms with Crippen LogP contribution in [0.5, 0.6) is 11.5 Å². The molecule has 1 heterocycles. The van der Waals surface area contributed by atoms with Crippen LogP contribution in [0.25, 0.3) is 6.08 Å². The summed E-state index contributed by atoms with van der Waals surface area (Å²) in [5.74, 6) is 1.57. The average molecular weight is 323 g/mol. The van der Waals surface area contributed by atoms with Gasteiger partial charge in [-0.15, -0.1) is 0 Å². The van der Waals surface area contributed by atoms with E-state index in [0.717, 1.165) is 29.0 Å². The number of hydrogen-bond acceptors (Lipinski definition) is 3. The van der Waals surface area contributed by atoms with Crippen LogP contribution in [0, 0.1) is 0 Å². The maximum atomic E-state index is 12.3.